The van der Waals surface area contributed by atoms with Crippen molar-refractivity contribution >= 4 is 37.7 Å². The molecule has 0 aliphatic rings. The van der Waals surface area contributed by atoms with Gasteiger partial charge in [0.25, 0.3) is 0 Å². The molecule has 6 heavy (non-hydrogen) atoms. The maximum Gasteiger partial charge on any atom is 0 e. The van der Waals surface area contributed by atoms with Gasteiger partial charge < -0.3 is 0 Å². The molecule has 0 nitrogen and oxygen atoms in total. The third-order valence-corrected chi connectivity index (χ3v) is 0. The van der Waals surface area contributed by atoms with E-state index in [-0.39, 0.29) is 21.1 Å². The van der Waals surface area contributed by atoms with Crippen molar-refractivity contribution in [1.29, 1.82) is 0 Å². The Bertz CT molecular complexity index is 23.0. The molecule has 0 saturated carbocycles. The minimum atomic E-state index is -3.13. The molecule has 0 saturated heterocycles. The van der Waals surface area contributed by atoms with Gasteiger partial charge in [0.15, 0.2) is 0 Å². The summed E-state index contributed by atoms with van der Waals surface area (Å²) in [5, 5.41) is 0. The molecule has 0 atom stereocenters. The first kappa shape index (κ1) is 11.3. The third kappa shape index (κ3) is 31.1. The summed E-state index contributed by atoms with van der Waals surface area (Å²) >= 11 is -3.13. The summed E-state index contributed by atoms with van der Waals surface area (Å²) in [6, 6.07) is 0. The summed E-state index contributed by atoms with van der Waals surface area (Å²) in [5.74, 6) is 0. The molecule has 0 aliphatic carbocycles. The summed E-state index contributed by atoms with van der Waals surface area (Å²) in [6.07, 6.45) is 0. The zero-order chi connectivity index (χ0) is 4.50. The second kappa shape index (κ2) is 4.42. The molecule has 0 spiro atoms. The van der Waals surface area contributed by atoms with Crippen molar-refractivity contribution < 1.29 is 33.0 Å². The summed E-state index contributed by atoms with van der Waals surface area (Å²) < 4.78 is 0. The summed E-state index contributed by atoms with van der Waals surface area (Å²) in [7, 11) is 20.1. The monoisotopic (exact) mass is 422 g/mol. The van der Waals surface area contributed by atoms with Gasteiger partial charge in [0.05, 0.1) is 0 Å². The Morgan fingerprint density at radius 2 is 0.833 bits per heavy atom. The van der Waals surface area contributed by atoms with Crippen LogP contribution in [-0.2, 0) is 33.0 Å². The molecule has 0 unspecified atom stereocenters. The Labute approximate surface area is 69.6 Å². The number of halogens is 4. The van der Waals surface area contributed by atoms with E-state index in [0.717, 1.165) is 0 Å². The van der Waals surface area contributed by atoms with Crippen molar-refractivity contribution in [1.82, 2.24) is 0 Å². The van der Waals surface area contributed by atoms with Gasteiger partial charge in [0.2, 0.25) is 0 Å². The maximum absolute atomic E-state index is 5.02. The van der Waals surface area contributed by atoms with Crippen molar-refractivity contribution in [3.8, 4) is 0 Å². The molecule has 6 heteroatoms. The summed E-state index contributed by atoms with van der Waals surface area (Å²) in [5.41, 5.74) is 0. The van der Waals surface area contributed by atoms with Crippen LogP contribution >= 0.6 is 37.7 Å². The summed E-state index contributed by atoms with van der Waals surface area (Å²) in [4.78, 5) is 0. The molecule has 0 amide bonds. The Morgan fingerprint density at radius 3 is 0.833 bits per heavy atom. The molecular formula is Cl4MoW. The smallest absolute Gasteiger partial charge is 0 e. The number of hydrogen-bond acceptors (Lipinski definition) is 0. The fourth-order valence-corrected chi connectivity index (χ4v) is 0. The topological polar surface area (TPSA) is 0 Å². The van der Waals surface area contributed by atoms with Gasteiger partial charge in [-0.2, -0.15) is 0 Å². The molecule has 40 valence electrons. The van der Waals surface area contributed by atoms with Crippen molar-refractivity contribution in [3.63, 3.8) is 0 Å². The Balaban J connectivity index is 0. The predicted molar refractivity (Wildman–Crippen MR) is 23.4 cm³/mol. The zero-order valence-electron chi connectivity index (χ0n) is 2.33. The molecule has 0 radical (unpaired) electrons. The van der Waals surface area contributed by atoms with E-state index in [1.807, 2.05) is 0 Å². The van der Waals surface area contributed by atoms with Gasteiger partial charge in [-0.15, -0.1) is 0 Å². The standard InChI is InChI=1S/4ClH.Mo.W/h4*1H;;/q;;;;+4;/p-4. The Kier molecular flexibility index (Phi) is 8.36. The van der Waals surface area contributed by atoms with Crippen LogP contribution in [0.1, 0.15) is 0 Å². The third-order valence-electron chi connectivity index (χ3n) is 0. The SMILES string of the molecule is [Cl][Mo]([Cl])([Cl])[Cl].[W]. The van der Waals surface area contributed by atoms with E-state index in [0.29, 0.717) is 0 Å². The first-order valence-corrected chi connectivity index (χ1v) is 11.0. The van der Waals surface area contributed by atoms with Crippen LogP contribution in [0, 0.1) is 0 Å². The molecule has 0 N–H and O–H groups in total. The van der Waals surface area contributed by atoms with Crippen molar-refractivity contribution in [2.75, 3.05) is 0 Å². The first-order chi connectivity index (χ1) is 2.00. The van der Waals surface area contributed by atoms with E-state index >= 15 is 0 Å². The van der Waals surface area contributed by atoms with E-state index < -0.39 is 11.9 Å². The fourth-order valence-electron chi connectivity index (χ4n) is 0. The minimum absolute atomic E-state index is 0. The van der Waals surface area contributed by atoms with Crippen LogP contribution in [0.3, 0.4) is 0 Å². The zero-order valence-corrected chi connectivity index (χ0v) is 10.3. The van der Waals surface area contributed by atoms with Gasteiger partial charge in [0, 0.05) is 21.1 Å². The quantitative estimate of drug-likeness (QED) is 0.528. The van der Waals surface area contributed by atoms with Crippen LogP contribution < -0.4 is 0 Å². The van der Waals surface area contributed by atoms with E-state index in [2.05, 4.69) is 0 Å². The maximum atomic E-state index is 5.02. The number of hydrogen-bond donors (Lipinski definition) is 0. The Morgan fingerprint density at radius 1 is 0.833 bits per heavy atom. The van der Waals surface area contributed by atoms with Crippen molar-refractivity contribution in [2.24, 2.45) is 0 Å². The minimum Gasteiger partial charge on any atom is 0 e. The van der Waals surface area contributed by atoms with E-state index in [4.69, 9.17) is 37.7 Å². The first-order valence-electron chi connectivity index (χ1n) is 0.617. The van der Waals surface area contributed by atoms with Crippen LogP contribution in [0.15, 0.2) is 0 Å². The Hall–Kier alpha value is 2.54. The molecule has 0 bridgehead atoms. The van der Waals surface area contributed by atoms with Crippen molar-refractivity contribution in [3.05, 3.63) is 0 Å². The van der Waals surface area contributed by atoms with Gasteiger partial charge in [-0.1, -0.05) is 0 Å². The van der Waals surface area contributed by atoms with E-state index in [9.17, 15) is 0 Å². The molecular weight excluding hydrogens is 422 g/mol. The molecule has 0 rings (SSSR count). The van der Waals surface area contributed by atoms with Crippen LogP contribution in [0.2, 0.25) is 0 Å². The van der Waals surface area contributed by atoms with Gasteiger partial charge in [-0.05, 0) is 0 Å². The molecule has 0 aromatic heterocycles. The van der Waals surface area contributed by atoms with Crippen LogP contribution in [-0.4, -0.2) is 0 Å². The van der Waals surface area contributed by atoms with Crippen LogP contribution in [0.5, 0.6) is 0 Å². The van der Waals surface area contributed by atoms with Crippen molar-refractivity contribution in [2.45, 2.75) is 0 Å². The van der Waals surface area contributed by atoms with Gasteiger partial charge in [0.1, 0.15) is 0 Å². The predicted octanol–water partition coefficient (Wildman–Crippen LogP) is 2.75. The normalized spacial score (nSPS) is 12.7. The van der Waals surface area contributed by atoms with Crippen LogP contribution in [0.25, 0.3) is 0 Å². The second-order valence-corrected chi connectivity index (χ2v) is 18.6. The van der Waals surface area contributed by atoms with Gasteiger partial charge in [-0.25, -0.2) is 0 Å². The average molecular weight is 422 g/mol. The van der Waals surface area contributed by atoms with E-state index in [1.165, 1.54) is 0 Å². The second-order valence-electron chi connectivity index (χ2n) is 0.350. The fraction of sp³-hybridized carbons (Fsp3) is 0. The van der Waals surface area contributed by atoms with E-state index in [1.54, 1.807) is 0 Å². The van der Waals surface area contributed by atoms with Gasteiger partial charge >= 0.3 is 49.6 Å². The number of rotatable bonds is 0. The van der Waals surface area contributed by atoms with Crippen LogP contribution in [0.4, 0.5) is 0 Å². The van der Waals surface area contributed by atoms with Gasteiger partial charge in [-0.3, -0.25) is 0 Å². The molecule has 0 aliphatic heterocycles. The molecule has 0 heterocycles. The molecule has 0 aromatic carbocycles. The molecule has 0 aromatic rings. The molecule has 0 fully saturated rings. The largest absolute Gasteiger partial charge is 0 e. The summed E-state index contributed by atoms with van der Waals surface area (Å²) in [6.45, 7) is 0. The average Bonchev–Trinajstić information content (AvgIpc) is 0.722.